The second-order valence-electron chi connectivity index (χ2n) is 6.15. The van der Waals surface area contributed by atoms with Gasteiger partial charge in [0.2, 0.25) is 0 Å². The molecule has 1 N–H and O–H groups in total. The van der Waals surface area contributed by atoms with Crippen molar-refractivity contribution in [1.82, 2.24) is 4.90 Å². The van der Waals surface area contributed by atoms with Crippen molar-refractivity contribution in [1.29, 1.82) is 0 Å². The number of hydrogen-bond acceptors (Lipinski definition) is 2. The Balaban J connectivity index is 2.05. The van der Waals surface area contributed by atoms with Crippen molar-refractivity contribution in [2.24, 2.45) is 0 Å². The van der Waals surface area contributed by atoms with Gasteiger partial charge >= 0.3 is 0 Å². The highest BCUT2D eigenvalue weighted by Crippen LogP contribution is 2.34. The molecule has 0 bridgehead atoms. The molecule has 0 amide bonds. The van der Waals surface area contributed by atoms with Crippen LogP contribution >= 0.6 is 0 Å². The Bertz CT molecular complexity index is 219. The molecule has 2 nitrogen and oxygen atoms in total. The molecule has 2 aliphatic rings. The van der Waals surface area contributed by atoms with Gasteiger partial charge in [-0.15, -0.1) is 0 Å². The quantitative estimate of drug-likeness (QED) is 0.694. The van der Waals surface area contributed by atoms with Crippen LogP contribution in [-0.4, -0.2) is 34.2 Å². The van der Waals surface area contributed by atoms with E-state index in [1.165, 1.54) is 51.5 Å². The first-order valence-corrected chi connectivity index (χ1v) is 7.07. The van der Waals surface area contributed by atoms with Crippen LogP contribution < -0.4 is 0 Å². The molecule has 0 aromatic heterocycles. The highest BCUT2D eigenvalue weighted by molar-refractivity contribution is 4.96. The van der Waals surface area contributed by atoms with Gasteiger partial charge in [0, 0.05) is 11.6 Å². The molecule has 2 rings (SSSR count). The zero-order valence-electron chi connectivity index (χ0n) is 10.9. The third kappa shape index (κ3) is 2.43. The molecule has 0 aromatic carbocycles. The van der Waals surface area contributed by atoms with Gasteiger partial charge < -0.3 is 5.11 Å². The van der Waals surface area contributed by atoms with Crippen molar-refractivity contribution in [3.05, 3.63) is 0 Å². The molecule has 16 heavy (non-hydrogen) atoms. The van der Waals surface area contributed by atoms with Crippen LogP contribution in [0.2, 0.25) is 0 Å². The van der Waals surface area contributed by atoms with E-state index in [0.29, 0.717) is 0 Å². The van der Waals surface area contributed by atoms with E-state index in [1.807, 2.05) is 0 Å². The summed E-state index contributed by atoms with van der Waals surface area (Å²) in [5, 5.41) is 10.2. The first kappa shape index (κ1) is 12.4. The highest BCUT2D eigenvalue weighted by atomic mass is 16.3. The number of aliphatic hydroxyl groups is 1. The lowest BCUT2D eigenvalue weighted by Crippen LogP contribution is -2.59. The fourth-order valence-electron chi connectivity index (χ4n) is 3.51. The van der Waals surface area contributed by atoms with E-state index in [9.17, 15) is 5.11 Å². The summed E-state index contributed by atoms with van der Waals surface area (Å²) in [6, 6.07) is 0.729. The summed E-state index contributed by atoms with van der Waals surface area (Å²) < 4.78 is 0. The molecule has 0 aromatic rings. The highest BCUT2D eigenvalue weighted by Gasteiger charge is 2.40. The number of hydrogen-bond donors (Lipinski definition) is 1. The van der Waals surface area contributed by atoms with Crippen LogP contribution in [0.1, 0.15) is 65.2 Å². The number of piperidine rings is 1. The zero-order valence-corrected chi connectivity index (χ0v) is 10.9. The van der Waals surface area contributed by atoms with Gasteiger partial charge in [0.15, 0.2) is 0 Å². The van der Waals surface area contributed by atoms with Crippen LogP contribution in [0.15, 0.2) is 0 Å². The molecule has 1 atom stereocenters. The van der Waals surface area contributed by atoms with Gasteiger partial charge in [-0.05, 0) is 46.1 Å². The van der Waals surface area contributed by atoms with E-state index < -0.39 is 0 Å². The van der Waals surface area contributed by atoms with Crippen LogP contribution in [-0.2, 0) is 0 Å². The van der Waals surface area contributed by atoms with E-state index in [0.717, 1.165) is 12.5 Å². The van der Waals surface area contributed by atoms with Crippen molar-refractivity contribution < 1.29 is 5.11 Å². The SMILES string of the molecule is CC1(C)C(O)CCCN1C1CCCCCC1. The molecular formula is C14H27NO. The predicted molar refractivity (Wildman–Crippen MR) is 67.5 cm³/mol. The fraction of sp³-hybridized carbons (Fsp3) is 1.00. The molecule has 0 spiro atoms. The predicted octanol–water partition coefficient (Wildman–Crippen LogP) is 2.94. The Morgan fingerprint density at radius 2 is 1.56 bits per heavy atom. The van der Waals surface area contributed by atoms with Crippen LogP contribution in [0.3, 0.4) is 0 Å². The monoisotopic (exact) mass is 225 g/mol. The summed E-state index contributed by atoms with van der Waals surface area (Å²) in [7, 11) is 0. The minimum absolute atomic E-state index is 0.00669. The van der Waals surface area contributed by atoms with Crippen molar-refractivity contribution in [3.63, 3.8) is 0 Å². The first-order chi connectivity index (χ1) is 7.62. The van der Waals surface area contributed by atoms with Gasteiger partial charge in [-0.2, -0.15) is 0 Å². The normalized spacial score (nSPS) is 33.6. The fourth-order valence-corrected chi connectivity index (χ4v) is 3.51. The molecule has 1 heterocycles. The van der Waals surface area contributed by atoms with Crippen molar-refractivity contribution in [3.8, 4) is 0 Å². The van der Waals surface area contributed by atoms with Gasteiger partial charge in [-0.3, -0.25) is 4.90 Å². The van der Waals surface area contributed by atoms with E-state index in [2.05, 4.69) is 18.7 Å². The minimum atomic E-state index is -0.135. The lowest BCUT2D eigenvalue weighted by atomic mass is 9.84. The molecule has 1 aliphatic carbocycles. The molecular weight excluding hydrogens is 198 g/mol. The van der Waals surface area contributed by atoms with Crippen LogP contribution in [0.25, 0.3) is 0 Å². The van der Waals surface area contributed by atoms with Crippen LogP contribution in [0.4, 0.5) is 0 Å². The third-order valence-electron chi connectivity index (χ3n) is 4.70. The number of nitrogens with zero attached hydrogens (tertiary/aromatic N) is 1. The van der Waals surface area contributed by atoms with Gasteiger partial charge in [-0.25, -0.2) is 0 Å². The minimum Gasteiger partial charge on any atom is -0.391 e. The smallest absolute Gasteiger partial charge is 0.0719 e. The maximum Gasteiger partial charge on any atom is 0.0719 e. The van der Waals surface area contributed by atoms with Gasteiger partial charge in [0.25, 0.3) is 0 Å². The number of likely N-dealkylation sites (tertiary alicyclic amines) is 1. The standard InChI is InChI=1S/C14H27NO/c1-14(2)13(16)10-7-11-15(14)12-8-5-3-4-6-9-12/h12-13,16H,3-11H2,1-2H3. The Hall–Kier alpha value is -0.0800. The average Bonchev–Trinajstić information content (AvgIpc) is 2.50. The summed E-state index contributed by atoms with van der Waals surface area (Å²) in [6.45, 7) is 5.64. The zero-order chi connectivity index (χ0) is 11.6. The van der Waals surface area contributed by atoms with Crippen LogP contribution in [0.5, 0.6) is 0 Å². The molecule has 1 saturated heterocycles. The Labute approximate surface area is 100 Å². The van der Waals surface area contributed by atoms with Crippen molar-refractivity contribution in [2.45, 2.75) is 82.9 Å². The second kappa shape index (κ2) is 5.05. The van der Waals surface area contributed by atoms with Gasteiger partial charge in [0.05, 0.1) is 6.10 Å². The van der Waals surface area contributed by atoms with Gasteiger partial charge in [0.1, 0.15) is 0 Å². The number of aliphatic hydroxyl groups excluding tert-OH is 1. The van der Waals surface area contributed by atoms with Crippen molar-refractivity contribution in [2.75, 3.05) is 6.54 Å². The summed E-state index contributed by atoms with van der Waals surface area (Å²) in [4.78, 5) is 2.60. The summed E-state index contributed by atoms with van der Waals surface area (Å²) >= 11 is 0. The Morgan fingerprint density at radius 3 is 2.19 bits per heavy atom. The van der Waals surface area contributed by atoms with Crippen molar-refractivity contribution >= 4 is 0 Å². The summed E-state index contributed by atoms with van der Waals surface area (Å²) in [5.74, 6) is 0. The van der Waals surface area contributed by atoms with E-state index in [4.69, 9.17) is 0 Å². The van der Waals surface area contributed by atoms with Crippen LogP contribution in [0, 0.1) is 0 Å². The van der Waals surface area contributed by atoms with E-state index in [1.54, 1.807) is 0 Å². The largest absolute Gasteiger partial charge is 0.391 e. The second-order valence-corrected chi connectivity index (χ2v) is 6.15. The molecule has 94 valence electrons. The van der Waals surface area contributed by atoms with Gasteiger partial charge in [-0.1, -0.05) is 25.7 Å². The topological polar surface area (TPSA) is 23.5 Å². The first-order valence-electron chi connectivity index (χ1n) is 7.07. The lowest BCUT2D eigenvalue weighted by Gasteiger charge is -2.49. The average molecular weight is 225 g/mol. The molecule has 0 radical (unpaired) electrons. The number of rotatable bonds is 1. The Kier molecular flexibility index (Phi) is 3.91. The third-order valence-corrected chi connectivity index (χ3v) is 4.70. The molecule has 1 saturated carbocycles. The lowest BCUT2D eigenvalue weighted by molar-refractivity contribution is -0.0680. The summed E-state index contributed by atoms with van der Waals surface area (Å²) in [5.41, 5.74) is -0.00669. The summed E-state index contributed by atoms with van der Waals surface area (Å²) in [6.07, 6.45) is 10.3. The molecule has 1 aliphatic heterocycles. The van der Waals surface area contributed by atoms with E-state index >= 15 is 0 Å². The molecule has 2 fully saturated rings. The maximum atomic E-state index is 10.2. The van der Waals surface area contributed by atoms with E-state index in [-0.39, 0.29) is 11.6 Å². The molecule has 1 unspecified atom stereocenters. The maximum absolute atomic E-state index is 10.2. The molecule has 2 heteroatoms. The Morgan fingerprint density at radius 1 is 0.938 bits per heavy atom.